The zero-order valence-corrected chi connectivity index (χ0v) is 10.6. The molecule has 0 aliphatic heterocycles. The Labute approximate surface area is 103 Å². The lowest BCUT2D eigenvalue weighted by molar-refractivity contribution is 0.414. The zero-order chi connectivity index (χ0) is 12.3. The number of hydrogen-bond donors (Lipinski definition) is 0. The maximum absolute atomic E-state index is 5.16. The average molecular weight is 225 g/mol. The third kappa shape index (κ3) is 2.68. The van der Waals surface area contributed by atoms with Crippen LogP contribution in [-0.4, -0.2) is 7.11 Å². The molecule has 1 nitrogen and oxygen atoms in total. The second-order valence-corrected chi connectivity index (χ2v) is 4.32. The third-order valence-corrected chi connectivity index (χ3v) is 3.09. The number of methoxy groups -OCH3 is 1. The summed E-state index contributed by atoms with van der Waals surface area (Å²) in [6, 6.07) is 15.5. The average Bonchev–Trinajstić information content (AvgIpc) is 2.35. The predicted octanol–water partition coefficient (Wildman–Crippen LogP) is 3.70. The Kier molecular flexibility index (Phi) is 3.48. The Bertz CT molecular complexity index is 477. The maximum atomic E-state index is 5.16. The van der Waals surface area contributed by atoms with Crippen molar-refractivity contribution in [3.05, 3.63) is 64.7 Å². The van der Waals surface area contributed by atoms with Gasteiger partial charge in [-0.1, -0.05) is 24.3 Å². The number of aryl methyl sites for hydroxylation is 2. The van der Waals surface area contributed by atoms with E-state index in [-0.39, 0.29) is 0 Å². The quantitative estimate of drug-likeness (QED) is 0.774. The van der Waals surface area contributed by atoms with Crippen molar-refractivity contribution in [2.24, 2.45) is 0 Å². The van der Waals surface area contributed by atoms with Crippen molar-refractivity contribution in [1.82, 2.24) is 0 Å². The predicted molar refractivity (Wildman–Crippen MR) is 70.6 cm³/mol. The summed E-state index contributed by atoms with van der Waals surface area (Å²) in [5.74, 6) is 0.906. The van der Waals surface area contributed by atoms with E-state index in [0.717, 1.165) is 12.2 Å². The monoisotopic (exact) mass is 225 g/mol. The van der Waals surface area contributed by atoms with Gasteiger partial charge in [-0.2, -0.15) is 0 Å². The number of benzene rings is 2. The summed E-state index contributed by atoms with van der Waals surface area (Å²) in [6.45, 7) is 4.28. The second kappa shape index (κ2) is 5.05. The Hall–Kier alpha value is -1.76. The molecule has 0 heterocycles. The van der Waals surface area contributed by atoms with Crippen molar-refractivity contribution >= 4 is 0 Å². The van der Waals surface area contributed by atoms with Crippen LogP contribution in [0.25, 0.3) is 0 Å². The van der Waals surface area contributed by atoms with Crippen molar-refractivity contribution in [2.75, 3.05) is 7.11 Å². The van der Waals surface area contributed by atoms with E-state index in [9.17, 15) is 0 Å². The molecule has 0 amide bonds. The highest BCUT2D eigenvalue weighted by Gasteiger charge is 2.03. The van der Waals surface area contributed by atoms with Crippen molar-refractivity contribution in [2.45, 2.75) is 20.3 Å². The van der Waals surface area contributed by atoms with Gasteiger partial charge in [-0.15, -0.1) is 0 Å². The van der Waals surface area contributed by atoms with E-state index >= 15 is 0 Å². The fourth-order valence-electron chi connectivity index (χ4n) is 2.00. The molecular weight excluding hydrogens is 208 g/mol. The first-order valence-electron chi connectivity index (χ1n) is 5.80. The Morgan fingerprint density at radius 1 is 1.00 bits per heavy atom. The highest BCUT2D eigenvalue weighted by atomic mass is 16.5. The summed E-state index contributed by atoms with van der Waals surface area (Å²) < 4.78 is 5.16. The van der Waals surface area contributed by atoms with Crippen molar-refractivity contribution in [3.63, 3.8) is 0 Å². The van der Waals surface area contributed by atoms with Crippen LogP contribution >= 0.6 is 0 Å². The molecule has 2 rings (SSSR count). The summed E-state index contributed by atoms with van der Waals surface area (Å²) in [5, 5.41) is 0. The summed E-state index contributed by atoms with van der Waals surface area (Å²) in [7, 11) is 1.69. The van der Waals surface area contributed by atoms with Crippen LogP contribution in [0.2, 0.25) is 0 Å². The number of ether oxygens (including phenoxy) is 1. The Morgan fingerprint density at radius 3 is 2.12 bits per heavy atom. The second-order valence-electron chi connectivity index (χ2n) is 4.32. The molecule has 2 aromatic rings. The largest absolute Gasteiger partial charge is 0.497 e. The molecule has 0 saturated carbocycles. The normalized spacial score (nSPS) is 10.3. The van der Waals surface area contributed by atoms with Gasteiger partial charge in [-0.25, -0.2) is 0 Å². The topological polar surface area (TPSA) is 9.23 Å². The lowest BCUT2D eigenvalue weighted by Gasteiger charge is -2.10. The summed E-state index contributed by atoms with van der Waals surface area (Å²) in [4.78, 5) is 0. The van der Waals surface area contributed by atoms with Gasteiger partial charge in [0.25, 0.3) is 0 Å². The van der Waals surface area contributed by atoms with E-state index in [1.54, 1.807) is 7.11 Å². The van der Waals surface area contributed by atoms with Crippen LogP contribution in [0, 0.1) is 19.9 Å². The van der Waals surface area contributed by atoms with Gasteiger partial charge in [0.15, 0.2) is 0 Å². The van der Waals surface area contributed by atoms with Crippen LogP contribution in [-0.2, 0) is 6.42 Å². The SMILES string of the molecule is COc1ccc(Cc2c(C)c[c]cc2C)cc1. The summed E-state index contributed by atoms with van der Waals surface area (Å²) in [5.41, 5.74) is 5.32. The molecule has 87 valence electrons. The lowest BCUT2D eigenvalue weighted by Crippen LogP contribution is -1.95. The highest BCUT2D eigenvalue weighted by molar-refractivity contribution is 5.38. The van der Waals surface area contributed by atoms with Gasteiger partial charge >= 0.3 is 0 Å². The molecule has 0 N–H and O–H groups in total. The molecule has 17 heavy (non-hydrogen) atoms. The zero-order valence-electron chi connectivity index (χ0n) is 10.6. The molecule has 1 heteroatoms. The summed E-state index contributed by atoms with van der Waals surface area (Å²) in [6.07, 6.45) is 0.969. The molecule has 0 aliphatic rings. The first-order chi connectivity index (χ1) is 8.20. The first-order valence-corrected chi connectivity index (χ1v) is 5.80. The fraction of sp³-hybridized carbons (Fsp3) is 0.250. The van der Waals surface area contributed by atoms with Crippen molar-refractivity contribution in [1.29, 1.82) is 0 Å². The molecule has 0 fully saturated rings. The standard InChI is InChI=1S/C16H17O/c1-12-5-4-6-13(2)16(12)11-14-7-9-15(17-3)10-8-14/h5-10H,11H2,1-3H3. The van der Waals surface area contributed by atoms with Gasteiger partial charge in [0.1, 0.15) is 5.75 Å². The van der Waals surface area contributed by atoms with Crippen molar-refractivity contribution < 1.29 is 4.74 Å². The van der Waals surface area contributed by atoms with E-state index in [0.29, 0.717) is 0 Å². The van der Waals surface area contributed by atoms with Gasteiger partial charge in [-0.3, -0.25) is 0 Å². The molecule has 2 aromatic carbocycles. The van der Waals surface area contributed by atoms with Crippen LogP contribution in [0.1, 0.15) is 22.3 Å². The van der Waals surface area contributed by atoms with Gasteiger partial charge in [0, 0.05) is 0 Å². The highest BCUT2D eigenvalue weighted by Crippen LogP contribution is 2.19. The minimum absolute atomic E-state index is 0.906. The molecule has 0 spiro atoms. The minimum Gasteiger partial charge on any atom is -0.497 e. The fourth-order valence-corrected chi connectivity index (χ4v) is 2.00. The molecule has 0 aliphatic carbocycles. The van der Waals surface area contributed by atoms with Crippen LogP contribution in [0.4, 0.5) is 0 Å². The molecule has 0 aromatic heterocycles. The first kappa shape index (κ1) is 11.7. The van der Waals surface area contributed by atoms with Gasteiger partial charge in [0.05, 0.1) is 7.11 Å². The Balaban J connectivity index is 2.25. The van der Waals surface area contributed by atoms with E-state index in [1.165, 1.54) is 22.3 Å². The molecule has 0 bridgehead atoms. The third-order valence-electron chi connectivity index (χ3n) is 3.09. The molecule has 1 radical (unpaired) electrons. The summed E-state index contributed by atoms with van der Waals surface area (Å²) >= 11 is 0. The maximum Gasteiger partial charge on any atom is 0.118 e. The minimum atomic E-state index is 0.906. The van der Waals surface area contributed by atoms with Crippen LogP contribution < -0.4 is 4.74 Å². The molecule has 0 atom stereocenters. The van der Waals surface area contributed by atoms with Gasteiger partial charge in [-0.05, 0) is 60.7 Å². The van der Waals surface area contributed by atoms with Gasteiger partial charge in [0.2, 0.25) is 0 Å². The van der Waals surface area contributed by atoms with E-state index < -0.39 is 0 Å². The smallest absolute Gasteiger partial charge is 0.118 e. The van der Waals surface area contributed by atoms with Crippen LogP contribution in [0.5, 0.6) is 5.75 Å². The Morgan fingerprint density at radius 2 is 1.59 bits per heavy atom. The number of hydrogen-bond acceptors (Lipinski definition) is 1. The lowest BCUT2D eigenvalue weighted by atomic mass is 9.96. The van der Waals surface area contributed by atoms with E-state index in [2.05, 4.69) is 32.0 Å². The van der Waals surface area contributed by atoms with E-state index in [1.807, 2.05) is 24.3 Å². The van der Waals surface area contributed by atoms with Crippen molar-refractivity contribution in [3.8, 4) is 5.75 Å². The molecule has 0 saturated heterocycles. The number of rotatable bonds is 3. The van der Waals surface area contributed by atoms with Gasteiger partial charge < -0.3 is 4.74 Å². The molecular formula is C16H17O. The molecule has 0 unspecified atom stereocenters. The van der Waals surface area contributed by atoms with E-state index in [4.69, 9.17) is 4.74 Å². The van der Waals surface area contributed by atoms with Crippen LogP contribution in [0.3, 0.4) is 0 Å². The van der Waals surface area contributed by atoms with Crippen LogP contribution in [0.15, 0.2) is 36.4 Å².